The van der Waals surface area contributed by atoms with Crippen molar-refractivity contribution in [2.45, 2.75) is 51.5 Å². The molecule has 1 unspecified atom stereocenters. The molecule has 0 aromatic heterocycles. The molecule has 0 spiro atoms. The average molecular weight is 227 g/mol. The van der Waals surface area contributed by atoms with Gasteiger partial charge in [-0.25, -0.2) is 0 Å². The molecule has 1 aliphatic carbocycles. The molecule has 1 saturated carbocycles. The Bertz CT molecular complexity index is 250. The molecule has 1 saturated heterocycles. The number of thiol groups is 1. The van der Waals surface area contributed by atoms with Gasteiger partial charge in [-0.3, -0.25) is 4.79 Å². The zero-order chi connectivity index (χ0) is 10.9. The second-order valence-electron chi connectivity index (χ2n) is 5.13. The van der Waals surface area contributed by atoms with Crippen LogP contribution in [0.25, 0.3) is 0 Å². The van der Waals surface area contributed by atoms with Gasteiger partial charge in [0.1, 0.15) is 0 Å². The van der Waals surface area contributed by atoms with Crippen LogP contribution in [0.2, 0.25) is 0 Å². The van der Waals surface area contributed by atoms with Crippen LogP contribution in [0.15, 0.2) is 0 Å². The predicted molar refractivity (Wildman–Crippen MR) is 65.2 cm³/mol. The predicted octanol–water partition coefficient (Wildman–Crippen LogP) is 2.49. The van der Waals surface area contributed by atoms with Crippen molar-refractivity contribution in [3.05, 3.63) is 0 Å². The zero-order valence-corrected chi connectivity index (χ0v) is 10.4. The molecule has 2 aliphatic rings. The van der Waals surface area contributed by atoms with Crippen LogP contribution in [0, 0.1) is 5.41 Å². The Kier molecular flexibility index (Phi) is 3.29. The Balaban J connectivity index is 1.90. The van der Waals surface area contributed by atoms with Crippen LogP contribution in [0.1, 0.15) is 45.4 Å². The smallest absolute Gasteiger partial charge is 0.223 e. The van der Waals surface area contributed by atoms with Gasteiger partial charge in [0.15, 0.2) is 0 Å². The molecule has 3 heteroatoms. The molecule has 0 radical (unpaired) electrons. The van der Waals surface area contributed by atoms with Gasteiger partial charge in [-0.1, -0.05) is 6.92 Å². The Morgan fingerprint density at radius 3 is 2.80 bits per heavy atom. The highest BCUT2D eigenvalue weighted by Crippen LogP contribution is 2.50. The summed E-state index contributed by atoms with van der Waals surface area (Å²) in [5.41, 5.74) is 0.279. The van der Waals surface area contributed by atoms with E-state index in [1.165, 1.54) is 25.7 Å². The molecule has 1 atom stereocenters. The third kappa shape index (κ3) is 2.32. The molecule has 2 nitrogen and oxygen atoms in total. The van der Waals surface area contributed by atoms with Crippen LogP contribution in [-0.4, -0.2) is 29.1 Å². The van der Waals surface area contributed by atoms with E-state index >= 15 is 0 Å². The molecule has 0 N–H and O–H groups in total. The largest absolute Gasteiger partial charge is 0.340 e. The Hall–Kier alpha value is -0.180. The molecular formula is C12H21NOS. The van der Waals surface area contributed by atoms with E-state index in [1.54, 1.807) is 0 Å². The number of hydrogen-bond acceptors (Lipinski definition) is 2. The number of carbonyl (C=O) groups is 1. The molecule has 1 heterocycles. The maximum atomic E-state index is 12.1. The molecule has 0 aromatic rings. The third-order valence-corrected chi connectivity index (χ3v) is 4.66. The van der Waals surface area contributed by atoms with Gasteiger partial charge in [-0.05, 0) is 43.3 Å². The number of likely N-dealkylation sites (tertiary alicyclic amines) is 1. The summed E-state index contributed by atoms with van der Waals surface area (Å²) >= 11 is 4.36. The van der Waals surface area contributed by atoms with Crippen LogP contribution in [0.4, 0.5) is 0 Å². The summed E-state index contributed by atoms with van der Waals surface area (Å²) in [5.74, 6) is 1.26. The Labute approximate surface area is 97.8 Å². The minimum atomic E-state index is 0.279. The summed E-state index contributed by atoms with van der Waals surface area (Å²) in [5, 5.41) is 0. The fraction of sp³-hybridized carbons (Fsp3) is 0.917. The van der Waals surface area contributed by atoms with Crippen molar-refractivity contribution in [3.63, 3.8) is 0 Å². The minimum absolute atomic E-state index is 0.279. The van der Waals surface area contributed by atoms with Crippen LogP contribution >= 0.6 is 12.6 Å². The first-order chi connectivity index (χ1) is 7.21. The molecule has 0 bridgehead atoms. The van der Waals surface area contributed by atoms with Crippen LogP contribution < -0.4 is 0 Å². The Morgan fingerprint density at radius 1 is 1.53 bits per heavy atom. The lowest BCUT2D eigenvalue weighted by Gasteiger charge is -2.25. The summed E-state index contributed by atoms with van der Waals surface area (Å²) in [6.07, 6.45) is 6.65. The quantitative estimate of drug-likeness (QED) is 0.732. The molecular weight excluding hydrogens is 206 g/mol. The van der Waals surface area contributed by atoms with E-state index in [2.05, 4.69) is 24.5 Å². The van der Waals surface area contributed by atoms with Gasteiger partial charge in [0, 0.05) is 19.0 Å². The summed E-state index contributed by atoms with van der Waals surface area (Å²) < 4.78 is 0. The maximum absolute atomic E-state index is 12.1. The van der Waals surface area contributed by atoms with E-state index in [0.29, 0.717) is 11.9 Å². The molecule has 0 aromatic carbocycles. The lowest BCUT2D eigenvalue weighted by Crippen LogP contribution is -2.36. The summed E-state index contributed by atoms with van der Waals surface area (Å²) in [6.45, 7) is 3.17. The van der Waals surface area contributed by atoms with E-state index < -0.39 is 0 Å². The van der Waals surface area contributed by atoms with E-state index in [9.17, 15) is 4.79 Å². The highest BCUT2D eigenvalue weighted by Gasteiger charge is 2.44. The van der Waals surface area contributed by atoms with E-state index in [1.807, 2.05) is 0 Å². The monoisotopic (exact) mass is 227 g/mol. The van der Waals surface area contributed by atoms with Gasteiger partial charge in [0.2, 0.25) is 5.91 Å². The summed E-state index contributed by atoms with van der Waals surface area (Å²) in [4.78, 5) is 14.2. The highest BCUT2D eigenvalue weighted by molar-refractivity contribution is 7.80. The maximum Gasteiger partial charge on any atom is 0.223 e. The van der Waals surface area contributed by atoms with E-state index in [4.69, 9.17) is 0 Å². The number of hydrogen-bond donors (Lipinski definition) is 1. The molecule has 15 heavy (non-hydrogen) atoms. The van der Waals surface area contributed by atoms with Gasteiger partial charge in [-0.15, -0.1) is 0 Å². The summed E-state index contributed by atoms with van der Waals surface area (Å²) in [6, 6.07) is 0.521. The first-order valence-electron chi connectivity index (χ1n) is 6.11. The normalized spacial score (nSPS) is 28.1. The highest BCUT2D eigenvalue weighted by atomic mass is 32.1. The van der Waals surface area contributed by atoms with Crippen molar-refractivity contribution in [1.82, 2.24) is 4.90 Å². The van der Waals surface area contributed by atoms with Gasteiger partial charge in [0.25, 0.3) is 0 Å². The number of nitrogens with zero attached hydrogens (tertiary/aromatic N) is 1. The topological polar surface area (TPSA) is 20.3 Å². The lowest BCUT2D eigenvalue weighted by atomic mass is 10.0. The number of rotatable bonds is 4. The molecule has 2 rings (SSSR count). The van der Waals surface area contributed by atoms with Crippen LogP contribution in [-0.2, 0) is 4.79 Å². The minimum Gasteiger partial charge on any atom is -0.340 e. The lowest BCUT2D eigenvalue weighted by molar-refractivity contribution is -0.133. The van der Waals surface area contributed by atoms with Gasteiger partial charge >= 0.3 is 0 Å². The molecule has 1 amide bonds. The first kappa shape index (κ1) is 11.3. The van der Waals surface area contributed by atoms with Crippen molar-refractivity contribution >= 4 is 18.5 Å². The second kappa shape index (κ2) is 4.36. The van der Waals surface area contributed by atoms with Crippen LogP contribution in [0.3, 0.4) is 0 Å². The fourth-order valence-electron chi connectivity index (χ4n) is 2.58. The number of carbonyl (C=O) groups excluding carboxylic acids is 1. The zero-order valence-electron chi connectivity index (χ0n) is 9.54. The third-order valence-electron chi connectivity index (χ3n) is 3.99. The van der Waals surface area contributed by atoms with Crippen molar-refractivity contribution in [1.29, 1.82) is 0 Å². The molecule has 2 fully saturated rings. The van der Waals surface area contributed by atoms with Gasteiger partial charge in [-0.2, -0.15) is 12.6 Å². The second-order valence-corrected chi connectivity index (χ2v) is 5.44. The Morgan fingerprint density at radius 2 is 2.27 bits per heavy atom. The fourth-order valence-corrected chi connectivity index (χ4v) is 3.01. The van der Waals surface area contributed by atoms with E-state index in [-0.39, 0.29) is 5.41 Å². The van der Waals surface area contributed by atoms with Gasteiger partial charge < -0.3 is 4.90 Å². The average Bonchev–Trinajstić information content (AvgIpc) is 2.85. The molecule has 1 aliphatic heterocycles. The first-order valence-corrected chi connectivity index (χ1v) is 6.74. The van der Waals surface area contributed by atoms with Crippen molar-refractivity contribution in [3.8, 4) is 0 Å². The summed E-state index contributed by atoms with van der Waals surface area (Å²) in [7, 11) is 0. The van der Waals surface area contributed by atoms with Crippen molar-refractivity contribution < 1.29 is 4.79 Å². The van der Waals surface area contributed by atoms with Gasteiger partial charge in [0.05, 0.1) is 0 Å². The SMILES string of the molecule is CCC1CCCN1C(=O)CC1(CS)CC1. The standard InChI is InChI=1S/C12H21NOS/c1-2-10-4-3-7-13(10)11(14)8-12(9-15)5-6-12/h10,15H,2-9H2,1H3. The van der Waals surface area contributed by atoms with Crippen LogP contribution in [0.5, 0.6) is 0 Å². The van der Waals surface area contributed by atoms with E-state index in [0.717, 1.165) is 25.1 Å². The number of amides is 1. The molecule has 86 valence electrons. The van der Waals surface area contributed by atoms with Crippen molar-refractivity contribution in [2.75, 3.05) is 12.3 Å². The van der Waals surface area contributed by atoms with Crippen molar-refractivity contribution in [2.24, 2.45) is 5.41 Å².